The zero-order chi connectivity index (χ0) is 24.6. The molecule has 0 heterocycles. The van der Waals surface area contributed by atoms with E-state index in [2.05, 4.69) is 16.0 Å². The van der Waals surface area contributed by atoms with E-state index >= 15 is 0 Å². The zero-order valence-corrected chi connectivity index (χ0v) is 20.0. The van der Waals surface area contributed by atoms with E-state index in [0.717, 1.165) is 18.4 Å². The second-order valence-electron chi connectivity index (χ2n) is 8.30. The predicted octanol–water partition coefficient (Wildman–Crippen LogP) is 5.17. The monoisotopic (exact) mass is 473 g/mol. The van der Waals surface area contributed by atoms with Crippen molar-refractivity contribution in [3.8, 4) is 11.5 Å². The number of amides is 2. The van der Waals surface area contributed by atoms with Gasteiger partial charge in [-0.1, -0.05) is 48.5 Å². The number of rotatable bonds is 11. The van der Waals surface area contributed by atoms with Crippen molar-refractivity contribution in [1.82, 2.24) is 5.32 Å². The minimum atomic E-state index is -0.616. The minimum absolute atomic E-state index is 0.0967. The Balaban J connectivity index is 1.67. The molecule has 0 aliphatic heterocycles. The van der Waals surface area contributed by atoms with Gasteiger partial charge in [0, 0.05) is 23.7 Å². The first-order chi connectivity index (χ1) is 17.1. The fourth-order valence-electron chi connectivity index (χ4n) is 3.72. The van der Waals surface area contributed by atoms with Crippen molar-refractivity contribution in [2.75, 3.05) is 23.8 Å². The van der Waals surface area contributed by atoms with E-state index in [-0.39, 0.29) is 17.9 Å². The van der Waals surface area contributed by atoms with Gasteiger partial charge in [-0.05, 0) is 44.4 Å². The van der Waals surface area contributed by atoms with Gasteiger partial charge in [-0.2, -0.15) is 0 Å². The molecule has 1 aliphatic rings. The quantitative estimate of drug-likeness (QED) is 0.358. The number of benzene rings is 3. The lowest BCUT2D eigenvalue weighted by molar-refractivity contribution is -0.122. The molecule has 1 atom stereocenters. The highest BCUT2D eigenvalue weighted by atomic mass is 16.5. The molecule has 0 spiro atoms. The highest BCUT2D eigenvalue weighted by Gasteiger charge is 2.29. The SMILES string of the molecule is CCOc1cc(NC(C(=O)NC2CC2)c2ccccc2)c(OCC)cc1NC(=O)c1ccccc1. The van der Waals surface area contributed by atoms with Crippen LogP contribution in [0.2, 0.25) is 0 Å². The van der Waals surface area contributed by atoms with E-state index in [1.165, 1.54) is 0 Å². The summed E-state index contributed by atoms with van der Waals surface area (Å²) in [5.41, 5.74) is 2.48. The Hall–Kier alpha value is -4.00. The summed E-state index contributed by atoms with van der Waals surface area (Å²) >= 11 is 0. The van der Waals surface area contributed by atoms with Gasteiger partial charge in [0.2, 0.25) is 5.91 Å². The molecule has 2 amide bonds. The Morgan fingerprint density at radius 2 is 1.43 bits per heavy atom. The van der Waals surface area contributed by atoms with Crippen molar-refractivity contribution in [2.45, 2.75) is 38.8 Å². The number of anilines is 2. The van der Waals surface area contributed by atoms with Crippen molar-refractivity contribution >= 4 is 23.2 Å². The fraction of sp³-hybridized carbons (Fsp3) is 0.286. The third kappa shape index (κ3) is 6.32. The topological polar surface area (TPSA) is 88.7 Å². The number of hydrogen-bond donors (Lipinski definition) is 3. The van der Waals surface area contributed by atoms with E-state index < -0.39 is 6.04 Å². The van der Waals surface area contributed by atoms with Gasteiger partial charge in [-0.15, -0.1) is 0 Å². The first-order valence-corrected chi connectivity index (χ1v) is 12.0. The van der Waals surface area contributed by atoms with Crippen LogP contribution >= 0.6 is 0 Å². The van der Waals surface area contributed by atoms with Crippen LogP contribution in [0, 0.1) is 0 Å². The van der Waals surface area contributed by atoms with Crippen LogP contribution in [0.1, 0.15) is 48.7 Å². The highest BCUT2D eigenvalue weighted by Crippen LogP contribution is 2.39. The summed E-state index contributed by atoms with van der Waals surface area (Å²) in [6.07, 6.45) is 2.00. The minimum Gasteiger partial charge on any atom is -0.492 e. The summed E-state index contributed by atoms with van der Waals surface area (Å²) in [5, 5.41) is 9.38. The fourth-order valence-corrected chi connectivity index (χ4v) is 3.72. The van der Waals surface area contributed by atoms with Gasteiger partial charge in [0.15, 0.2) is 0 Å². The van der Waals surface area contributed by atoms with Crippen molar-refractivity contribution in [3.63, 3.8) is 0 Å². The van der Waals surface area contributed by atoms with E-state index in [9.17, 15) is 9.59 Å². The molecule has 0 saturated heterocycles. The van der Waals surface area contributed by atoms with Gasteiger partial charge >= 0.3 is 0 Å². The van der Waals surface area contributed by atoms with Crippen molar-refractivity contribution in [3.05, 3.63) is 83.9 Å². The molecule has 0 radical (unpaired) electrons. The molecular weight excluding hydrogens is 442 g/mol. The largest absolute Gasteiger partial charge is 0.492 e. The Morgan fingerprint density at radius 3 is 2.03 bits per heavy atom. The van der Waals surface area contributed by atoms with Gasteiger partial charge in [-0.3, -0.25) is 9.59 Å². The van der Waals surface area contributed by atoms with Crippen LogP contribution in [-0.2, 0) is 4.79 Å². The van der Waals surface area contributed by atoms with Crippen LogP contribution in [0.15, 0.2) is 72.8 Å². The van der Waals surface area contributed by atoms with E-state index in [4.69, 9.17) is 9.47 Å². The van der Waals surface area contributed by atoms with E-state index in [0.29, 0.717) is 41.7 Å². The number of hydrogen-bond acceptors (Lipinski definition) is 5. The maximum atomic E-state index is 13.1. The van der Waals surface area contributed by atoms with Gasteiger partial charge in [-0.25, -0.2) is 0 Å². The second-order valence-corrected chi connectivity index (χ2v) is 8.30. The summed E-state index contributed by atoms with van der Waals surface area (Å²) in [5.74, 6) is 0.651. The normalized spacial score (nSPS) is 13.4. The summed E-state index contributed by atoms with van der Waals surface area (Å²) in [4.78, 5) is 26.0. The van der Waals surface area contributed by atoms with Crippen LogP contribution in [0.3, 0.4) is 0 Å². The standard InChI is InChI=1S/C28H31N3O4/c1-3-34-24-18-23(31-27(32)20-13-9-6-10-14-20)25(35-4-2)17-22(24)30-26(19-11-7-5-8-12-19)28(33)29-21-15-16-21/h5-14,17-18,21,26,30H,3-4,15-16H2,1-2H3,(H,29,33)(H,31,32). The summed E-state index contributed by atoms with van der Waals surface area (Å²) < 4.78 is 11.8. The number of ether oxygens (including phenoxy) is 2. The van der Waals surface area contributed by atoms with Crippen molar-refractivity contribution < 1.29 is 19.1 Å². The molecule has 3 aromatic carbocycles. The Bertz CT molecular complexity index is 1150. The van der Waals surface area contributed by atoms with Crippen LogP contribution in [-0.4, -0.2) is 31.1 Å². The number of nitrogens with one attached hydrogen (secondary N) is 3. The maximum absolute atomic E-state index is 13.1. The molecule has 1 saturated carbocycles. The molecule has 3 aromatic rings. The molecule has 1 aliphatic carbocycles. The number of carbonyl (C=O) groups is 2. The molecule has 1 unspecified atom stereocenters. The Labute approximate surface area is 205 Å². The molecule has 0 aromatic heterocycles. The van der Waals surface area contributed by atoms with Gasteiger partial charge < -0.3 is 25.4 Å². The van der Waals surface area contributed by atoms with E-state index in [1.807, 2.05) is 62.4 Å². The average Bonchev–Trinajstić information content (AvgIpc) is 3.70. The Kier molecular flexibility index (Phi) is 7.88. The first-order valence-electron chi connectivity index (χ1n) is 12.0. The van der Waals surface area contributed by atoms with Gasteiger partial charge in [0.05, 0.1) is 24.6 Å². The van der Waals surface area contributed by atoms with Crippen LogP contribution in [0.4, 0.5) is 11.4 Å². The molecule has 0 bridgehead atoms. The smallest absolute Gasteiger partial charge is 0.255 e. The van der Waals surface area contributed by atoms with E-state index in [1.54, 1.807) is 24.3 Å². The van der Waals surface area contributed by atoms with Gasteiger partial charge in [0.25, 0.3) is 5.91 Å². The highest BCUT2D eigenvalue weighted by molar-refractivity contribution is 6.05. The van der Waals surface area contributed by atoms with Crippen molar-refractivity contribution in [1.29, 1.82) is 0 Å². The maximum Gasteiger partial charge on any atom is 0.255 e. The Morgan fingerprint density at radius 1 is 0.857 bits per heavy atom. The summed E-state index contributed by atoms with van der Waals surface area (Å²) in [6.45, 7) is 4.59. The predicted molar refractivity (Wildman–Crippen MR) is 137 cm³/mol. The molecule has 4 rings (SSSR count). The summed E-state index contributed by atoms with van der Waals surface area (Å²) in [6, 6.07) is 21.7. The molecule has 7 nitrogen and oxygen atoms in total. The molecule has 35 heavy (non-hydrogen) atoms. The first kappa shape index (κ1) is 24.1. The summed E-state index contributed by atoms with van der Waals surface area (Å²) in [7, 11) is 0. The van der Waals surface area contributed by atoms with Crippen LogP contribution < -0.4 is 25.4 Å². The number of carbonyl (C=O) groups excluding carboxylic acids is 2. The molecule has 7 heteroatoms. The van der Waals surface area contributed by atoms with Crippen LogP contribution in [0.25, 0.3) is 0 Å². The third-order valence-corrected chi connectivity index (χ3v) is 5.58. The lowest BCUT2D eigenvalue weighted by atomic mass is 10.1. The molecule has 182 valence electrons. The molecule has 3 N–H and O–H groups in total. The third-order valence-electron chi connectivity index (χ3n) is 5.58. The lowest BCUT2D eigenvalue weighted by Gasteiger charge is -2.23. The van der Waals surface area contributed by atoms with Crippen molar-refractivity contribution in [2.24, 2.45) is 0 Å². The zero-order valence-electron chi connectivity index (χ0n) is 20.0. The second kappa shape index (κ2) is 11.4. The average molecular weight is 474 g/mol. The van der Waals surface area contributed by atoms with Crippen LogP contribution in [0.5, 0.6) is 11.5 Å². The molecular formula is C28H31N3O4. The molecule has 1 fully saturated rings. The van der Waals surface area contributed by atoms with Gasteiger partial charge in [0.1, 0.15) is 17.5 Å². The lowest BCUT2D eigenvalue weighted by Crippen LogP contribution is -2.35.